The fourth-order valence-corrected chi connectivity index (χ4v) is 0.986. The number of rotatable bonds is 4. The molecule has 62 valence electrons. The summed E-state index contributed by atoms with van der Waals surface area (Å²) in [4.78, 5) is 11.4. The maximum atomic E-state index is 11.4. The van der Waals surface area contributed by atoms with Gasteiger partial charge in [-0.05, 0) is 24.6 Å². The maximum absolute atomic E-state index is 11.4. The highest BCUT2D eigenvalue weighted by Crippen LogP contribution is 2.04. The molecule has 0 saturated heterocycles. The molecule has 12 heavy (non-hydrogen) atoms. The van der Waals surface area contributed by atoms with Crippen LogP contribution in [-0.4, -0.2) is 5.78 Å². The van der Waals surface area contributed by atoms with Crippen molar-refractivity contribution in [2.24, 2.45) is 0 Å². The Morgan fingerprint density at radius 1 is 1.50 bits per heavy atom. The summed E-state index contributed by atoms with van der Waals surface area (Å²) in [5, 5.41) is 0. The predicted octanol–water partition coefficient (Wildman–Crippen LogP) is 2.66. The average Bonchev–Trinajstić information content (AvgIpc) is 2.15. The first-order chi connectivity index (χ1) is 5.84. The Kier molecular flexibility index (Phi) is 3.52. The smallest absolute Gasteiger partial charge is 0.163 e. The van der Waals surface area contributed by atoms with E-state index in [1.807, 2.05) is 0 Å². The fourth-order valence-electron chi connectivity index (χ4n) is 0.986. The van der Waals surface area contributed by atoms with Gasteiger partial charge < -0.3 is 0 Å². The van der Waals surface area contributed by atoms with Crippen molar-refractivity contribution in [1.29, 1.82) is 0 Å². The van der Waals surface area contributed by atoms with E-state index in [0.29, 0.717) is 12.0 Å². The molecular weight excluding hydrogens is 148 g/mol. The van der Waals surface area contributed by atoms with Crippen molar-refractivity contribution < 1.29 is 4.79 Å². The zero-order valence-electron chi connectivity index (χ0n) is 7.26. The molecule has 0 bridgehead atoms. The van der Waals surface area contributed by atoms with Gasteiger partial charge in [0, 0.05) is 12.0 Å². The van der Waals surface area contributed by atoms with Gasteiger partial charge in [0.05, 0.1) is 0 Å². The molecule has 1 aromatic rings. The molecule has 0 fully saturated rings. The molecule has 0 atom stereocenters. The van der Waals surface area contributed by atoms with Gasteiger partial charge in [-0.2, -0.15) is 0 Å². The number of Topliss-reactive ketones (excluding diaryl/α,β-unsaturated/α-hetero) is 1. The van der Waals surface area contributed by atoms with Gasteiger partial charge in [0.2, 0.25) is 0 Å². The molecule has 1 heteroatoms. The van der Waals surface area contributed by atoms with Crippen LogP contribution in [0.25, 0.3) is 0 Å². The Hall–Kier alpha value is -1.11. The topological polar surface area (TPSA) is 17.1 Å². The Bertz CT molecular complexity index is 238. The Labute approximate surface area is 73.4 Å². The van der Waals surface area contributed by atoms with Crippen LogP contribution in [0.4, 0.5) is 0 Å². The number of ketones is 1. The van der Waals surface area contributed by atoms with E-state index in [1.165, 1.54) is 0 Å². The SMILES string of the molecule is CCCCC(=O)c1[c]cc[c]c1. The van der Waals surface area contributed by atoms with Crippen molar-refractivity contribution in [2.45, 2.75) is 26.2 Å². The molecule has 1 nitrogen and oxygen atoms in total. The molecule has 2 radical (unpaired) electrons. The summed E-state index contributed by atoms with van der Waals surface area (Å²) in [6.07, 6.45) is 2.65. The van der Waals surface area contributed by atoms with Crippen molar-refractivity contribution in [2.75, 3.05) is 0 Å². The van der Waals surface area contributed by atoms with Gasteiger partial charge in [-0.1, -0.05) is 25.5 Å². The van der Waals surface area contributed by atoms with Crippen molar-refractivity contribution in [3.05, 3.63) is 35.9 Å². The molecule has 0 unspecified atom stereocenters. The average molecular weight is 160 g/mol. The number of benzene rings is 1. The molecular formula is C11H12O. The van der Waals surface area contributed by atoms with Crippen molar-refractivity contribution in [3.63, 3.8) is 0 Å². The normalized spacial score (nSPS) is 9.75. The molecule has 0 aliphatic rings. The lowest BCUT2D eigenvalue weighted by atomic mass is 10.1. The predicted molar refractivity (Wildman–Crippen MR) is 48.0 cm³/mol. The van der Waals surface area contributed by atoms with Crippen LogP contribution < -0.4 is 0 Å². The minimum atomic E-state index is 0.175. The highest BCUT2D eigenvalue weighted by Gasteiger charge is 2.02. The second-order valence-electron chi connectivity index (χ2n) is 2.73. The van der Waals surface area contributed by atoms with Crippen molar-refractivity contribution >= 4 is 5.78 Å². The zero-order chi connectivity index (χ0) is 8.81. The summed E-state index contributed by atoms with van der Waals surface area (Å²) in [6.45, 7) is 2.08. The van der Waals surface area contributed by atoms with Crippen LogP contribution in [0, 0.1) is 12.1 Å². The summed E-state index contributed by atoms with van der Waals surface area (Å²) in [5.74, 6) is 0.175. The van der Waals surface area contributed by atoms with Gasteiger partial charge in [0.25, 0.3) is 0 Å². The van der Waals surface area contributed by atoms with Gasteiger partial charge in [-0.25, -0.2) is 0 Å². The first-order valence-corrected chi connectivity index (χ1v) is 4.25. The maximum Gasteiger partial charge on any atom is 0.163 e. The Morgan fingerprint density at radius 3 is 2.92 bits per heavy atom. The molecule has 0 aliphatic heterocycles. The van der Waals surface area contributed by atoms with Crippen molar-refractivity contribution in [3.8, 4) is 0 Å². The summed E-state index contributed by atoms with van der Waals surface area (Å²) in [7, 11) is 0. The quantitative estimate of drug-likeness (QED) is 0.619. The van der Waals surface area contributed by atoms with Crippen LogP contribution in [0.15, 0.2) is 18.2 Å². The third-order valence-electron chi connectivity index (χ3n) is 1.70. The first-order valence-electron chi connectivity index (χ1n) is 4.25. The molecule has 0 heterocycles. The number of carbonyl (C=O) groups is 1. The number of hydrogen-bond acceptors (Lipinski definition) is 1. The lowest BCUT2D eigenvalue weighted by Crippen LogP contribution is -1.97. The lowest BCUT2D eigenvalue weighted by Gasteiger charge is -1.97. The van der Waals surface area contributed by atoms with Gasteiger partial charge in [-0.3, -0.25) is 4.79 Å². The summed E-state index contributed by atoms with van der Waals surface area (Å²) in [6, 6.07) is 10.9. The standard InChI is InChI=1S/C11H12O/c1-2-3-9-11(12)10-7-5-4-6-8-10/h4-5,8H,2-3,9H2,1H3. The van der Waals surface area contributed by atoms with Crippen molar-refractivity contribution in [1.82, 2.24) is 0 Å². The highest BCUT2D eigenvalue weighted by molar-refractivity contribution is 5.95. The van der Waals surface area contributed by atoms with Crippen LogP contribution in [-0.2, 0) is 0 Å². The summed E-state index contributed by atoms with van der Waals surface area (Å²) >= 11 is 0. The van der Waals surface area contributed by atoms with Gasteiger partial charge in [-0.15, -0.1) is 0 Å². The second-order valence-corrected chi connectivity index (χ2v) is 2.73. The van der Waals surface area contributed by atoms with E-state index in [9.17, 15) is 4.79 Å². The molecule has 0 saturated carbocycles. The van der Waals surface area contributed by atoms with Crippen LogP contribution in [0.2, 0.25) is 0 Å². The van der Waals surface area contributed by atoms with E-state index in [0.717, 1.165) is 12.8 Å². The molecule has 1 rings (SSSR count). The van der Waals surface area contributed by atoms with E-state index in [4.69, 9.17) is 0 Å². The fraction of sp³-hybridized carbons (Fsp3) is 0.364. The van der Waals surface area contributed by atoms with E-state index < -0.39 is 0 Å². The lowest BCUT2D eigenvalue weighted by molar-refractivity contribution is 0.0979. The highest BCUT2D eigenvalue weighted by atomic mass is 16.1. The Balaban J connectivity index is 2.54. The third kappa shape index (κ3) is 2.50. The first kappa shape index (κ1) is 8.98. The molecule has 1 aromatic carbocycles. The molecule has 0 aromatic heterocycles. The van der Waals surface area contributed by atoms with Crippen LogP contribution in [0.3, 0.4) is 0 Å². The molecule has 0 amide bonds. The zero-order valence-corrected chi connectivity index (χ0v) is 7.26. The number of hydrogen-bond donors (Lipinski definition) is 0. The van der Waals surface area contributed by atoms with E-state index in [1.54, 1.807) is 18.2 Å². The third-order valence-corrected chi connectivity index (χ3v) is 1.70. The van der Waals surface area contributed by atoms with Crippen LogP contribution >= 0.6 is 0 Å². The summed E-state index contributed by atoms with van der Waals surface area (Å²) < 4.78 is 0. The minimum absolute atomic E-state index is 0.175. The van der Waals surface area contributed by atoms with E-state index >= 15 is 0 Å². The van der Waals surface area contributed by atoms with Gasteiger partial charge in [0.15, 0.2) is 5.78 Å². The minimum Gasteiger partial charge on any atom is -0.294 e. The summed E-state index contributed by atoms with van der Waals surface area (Å²) in [5.41, 5.74) is 0.658. The Morgan fingerprint density at radius 2 is 2.33 bits per heavy atom. The number of unbranched alkanes of at least 4 members (excludes halogenated alkanes) is 1. The molecule has 0 spiro atoms. The van der Waals surface area contributed by atoms with Gasteiger partial charge in [0.1, 0.15) is 0 Å². The monoisotopic (exact) mass is 160 g/mol. The second kappa shape index (κ2) is 4.70. The largest absolute Gasteiger partial charge is 0.294 e. The van der Waals surface area contributed by atoms with E-state index in [2.05, 4.69) is 19.1 Å². The number of carbonyl (C=O) groups excluding carboxylic acids is 1. The van der Waals surface area contributed by atoms with Crippen LogP contribution in [0.1, 0.15) is 36.5 Å². The van der Waals surface area contributed by atoms with Crippen LogP contribution in [0.5, 0.6) is 0 Å². The van der Waals surface area contributed by atoms with E-state index in [-0.39, 0.29) is 5.78 Å². The molecule has 0 aliphatic carbocycles. The molecule has 0 N–H and O–H groups in total. The van der Waals surface area contributed by atoms with Gasteiger partial charge >= 0.3 is 0 Å².